The van der Waals surface area contributed by atoms with Crippen LogP contribution in [-0.2, 0) is 5.11 Å². The summed E-state index contributed by atoms with van der Waals surface area (Å²) in [5.74, 6) is 0. The highest BCUT2D eigenvalue weighted by Crippen LogP contribution is 1.98. The SMILES string of the molecule is [O]C[C@H](O)[C@@H](O)[C@H](O)CO. The summed E-state index contributed by atoms with van der Waals surface area (Å²) in [7, 11) is 0. The maximum Gasteiger partial charge on any atom is 0.111 e. The molecule has 3 atom stereocenters. The molecule has 0 aromatic heterocycles. The van der Waals surface area contributed by atoms with Gasteiger partial charge in [0.25, 0.3) is 0 Å². The Hall–Kier alpha value is -0.200. The average Bonchev–Trinajstić information content (AvgIpc) is 2.00. The topological polar surface area (TPSA) is 101 Å². The molecule has 0 saturated heterocycles. The van der Waals surface area contributed by atoms with Crippen LogP contribution in [0.5, 0.6) is 0 Å². The van der Waals surface area contributed by atoms with E-state index in [1.807, 2.05) is 0 Å². The van der Waals surface area contributed by atoms with Gasteiger partial charge in [-0.3, -0.25) is 0 Å². The lowest BCUT2D eigenvalue weighted by Crippen LogP contribution is -2.41. The zero-order chi connectivity index (χ0) is 8.15. The molecule has 0 aromatic rings. The summed E-state index contributed by atoms with van der Waals surface area (Å²) in [6, 6.07) is 0. The molecule has 0 bridgehead atoms. The molecule has 0 aromatic carbocycles. The molecule has 4 N–H and O–H groups in total. The molecule has 0 unspecified atom stereocenters. The zero-order valence-corrected chi connectivity index (χ0v) is 5.34. The van der Waals surface area contributed by atoms with E-state index in [1.54, 1.807) is 0 Å². The van der Waals surface area contributed by atoms with Crippen LogP contribution >= 0.6 is 0 Å². The molecule has 5 heteroatoms. The van der Waals surface area contributed by atoms with Crippen molar-refractivity contribution in [2.75, 3.05) is 13.2 Å². The molecule has 0 aliphatic heterocycles. The first-order valence-corrected chi connectivity index (χ1v) is 2.86. The second-order valence-electron chi connectivity index (χ2n) is 1.97. The normalized spacial score (nSPS) is 20.1. The third-order valence-corrected chi connectivity index (χ3v) is 1.15. The smallest absolute Gasteiger partial charge is 0.111 e. The van der Waals surface area contributed by atoms with Crippen molar-refractivity contribution in [2.24, 2.45) is 0 Å². The Morgan fingerprint density at radius 1 is 1.10 bits per heavy atom. The van der Waals surface area contributed by atoms with Crippen LogP contribution < -0.4 is 0 Å². The number of hydrogen-bond acceptors (Lipinski definition) is 4. The summed E-state index contributed by atoms with van der Waals surface area (Å²) >= 11 is 0. The van der Waals surface area contributed by atoms with Crippen molar-refractivity contribution >= 4 is 0 Å². The third kappa shape index (κ3) is 2.59. The molecule has 61 valence electrons. The summed E-state index contributed by atoms with van der Waals surface area (Å²) in [6.07, 6.45) is -4.51. The van der Waals surface area contributed by atoms with Gasteiger partial charge in [-0.15, -0.1) is 0 Å². The lowest BCUT2D eigenvalue weighted by atomic mass is 10.1. The summed E-state index contributed by atoms with van der Waals surface area (Å²) in [4.78, 5) is 0. The minimum absolute atomic E-state index is 0.668. The molecule has 10 heavy (non-hydrogen) atoms. The molecule has 1 radical (unpaired) electrons. The number of aliphatic hydroxyl groups excluding tert-OH is 4. The van der Waals surface area contributed by atoms with Crippen LogP contribution in [0.1, 0.15) is 0 Å². The van der Waals surface area contributed by atoms with E-state index >= 15 is 0 Å². The van der Waals surface area contributed by atoms with Crippen molar-refractivity contribution in [1.29, 1.82) is 0 Å². The Morgan fingerprint density at radius 3 is 1.90 bits per heavy atom. The van der Waals surface area contributed by atoms with E-state index in [4.69, 9.17) is 20.4 Å². The van der Waals surface area contributed by atoms with Gasteiger partial charge in [0.2, 0.25) is 0 Å². The minimum Gasteiger partial charge on any atom is -0.394 e. The number of rotatable bonds is 4. The Kier molecular flexibility index (Phi) is 4.50. The van der Waals surface area contributed by atoms with E-state index in [9.17, 15) is 5.11 Å². The van der Waals surface area contributed by atoms with Gasteiger partial charge in [0.15, 0.2) is 0 Å². The largest absolute Gasteiger partial charge is 0.394 e. The summed E-state index contributed by atoms with van der Waals surface area (Å²) in [5.41, 5.74) is 0. The molecule has 0 fully saturated rings. The maximum absolute atomic E-state index is 9.89. The van der Waals surface area contributed by atoms with Gasteiger partial charge in [0, 0.05) is 0 Å². The van der Waals surface area contributed by atoms with E-state index in [0.29, 0.717) is 0 Å². The number of aliphatic hydroxyl groups is 4. The van der Waals surface area contributed by atoms with Gasteiger partial charge >= 0.3 is 0 Å². The van der Waals surface area contributed by atoms with E-state index in [2.05, 4.69) is 0 Å². The van der Waals surface area contributed by atoms with Crippen molar-refractivity contribution in [1.82, 2.24) is 0 Å². The third-order valence-electron chi connectivity index (χ3n) is 1.15. The standard InChI is InChI=1S/C5H11O5/c6-1-3(8)5(10)4(9)2-7/h3-6,8-10H,1-2H2/t3-,4+,5+/m1/s1. The lowest BCUT2D eigenvalue weighted by Gasteiger charge is -2.18. The highest BCUT2D eigenvalue weighted by Gasteiger charge is 2.23. The molecule has 0 aliphatic rings. The monoisotopic (exact) mass is 151 g/mol. The van der Waals surface area contributed by atoms with E-state index < -0.39 is 31.5 Å². The van der Waals surface area contributed by atoms with Gasteiger partial charge in [0.1, 0.15) is 24.9 Å². The zero-order valence-electron chi connectivity index (χ0n) is 5.34. The first-order valence-electron chi connectivity index (χ1n) is 2.86. The Morgan fingerprint density at radius 2 is 1.60 bits per heavy atom. The fourth-order valence-corrected chi connectivity index (χ4v) is 0.463. The predicted octanol–water partition coefficient (Wildman–Crippen LogP) is -2.51. The fraction of sp³-hybridized carbons (Fsp3) is 1.00. The number of hydrogen-bond donors (Lipinski definition) is 4. The van der Waals surface area contributed by atoms with Crippen LogP contribution in [0.4, 0.5) is 0 Å². The van der Waals surface area contributed by atoms with Gasteiger partial charge in [-0.25, -0.2) is 5.11 Å². The van der Waals surface area contributed by atoms with Crippen LogP contribution in [0.2, 0.25) is 0 Å². The van der Waals surface area contributed by atoms with Gasteiger partial charge in [-0.2, -0.15) is 0 Å². The molecule has 0 rings (SSSR count). The Labute approximate surface area is 58.2 Å². The molecular formula is C5H11O5. The first kappa shape index (κ1) is 9.80. The fourth-order valence-electron chi connectivity index (χ4n) is 0.463. The summed E-state index contributed by atoms with van der Waals surface area (Å²) in [6.45, 7) is -1.56. The van der Waals surface area contributed by atoms with Gasteiger partial charge in [0.05, 0.1) is 6.61 Å². The maximum atomic E-state index is 9.89. The van der Waals surface area contributed by atoms with E-state index in [1.165, 1.54) is 0 Å². The van der Waals surface area contributed by atoms with Crippen molar-refractivity contribution in [3.8, 4) is 0 Å². The molecule has 5 nitrogen and oxygen atoms in total. The quantitative estimate of drug-likeness (QED) is 0.356. The summed E-state index contributed by atoms with van der Waals surface area (Å²) < 4.78 is 0. The van der Waals surface area contributed by atoms with Crippen LogP contribution in [-0.4, -0.2) is 52.0 Å². The lowest BCUT2D eigenvalue weighted by molar-refractivity contribution is -0.0981. The van der Waals surface area contributed by atoms with Gasteiger partial charge < -0.3 is 20.4 Å². The van der Waals surface area contributed by atoms with Gasteiger partial charge in [-0.05, 0) is 0 Å². The first-order chi connectivity index (χ1) is 4.63. The molecular weight excluding hydrogens is 140 g/mol. The van der Waals surface area contributed by atoms with Crippen LogP contribution in [0.15, 0.2) is 0 Å². The van der Waals surface area contributed by atoms with Crippen LogP contribution in [0.25, 0.3) is 0 Å². The predicted molar refractivity (Wildman–Crippen MR) is 30.7 cm³/mol. The molecule has 0 amide bonds. The molecule has 0 aliphatic carbocycles. The van der Waals surface area contributed by atoms with E-state index in [0.717, 1.165) is 0 Å². The van der Waals surface area contributed by atoms with Crippen molar-refractivity contribution in [2.45, 2.75) is 18.3 Å². The molecule has 0 heterocycles. The Bertz CT molecular complexity index is 76.1. The van der Waals surface area contributed by atoms with Gasteiger partial charge in [-0.1, -0.05) is 0 Å². The molecule has 0 saturated carbocycles. The highest BCUT2D eigenvalue weighted by molar-refractivity contribution is 4.73. The van der Waals surface area contributed by atoms with E-state index in [-0.39, 0.29) is 0 Å². The van der Waals surface area contributed by atoms with Crippen molar-refractivity contribution < 1.29 is 25.5 Å². The van der Waals surface area contributed by atoms with Crippen molar-refractivity contribution in [3.05, 3.63) is 0 Å². The molecule has 0 spiro atoms. The summed E-state index contributed by atoms with van der Waals surface area (Å²) in [5, 5.41) is 44.1. The Balaban J connectivity index is 3.69. The minimum atomic E-state index is -1.55. The average molecular weight is 151 g/mol. The van der Waals surface area contributed by atoms with Crippen LogP contribution in [0, 0.1) is 0 Å². The van der Waals surface area contributed by atoms with Crippen molar-refractivity contribution in [3.63, 3.8) is 0 Å². The second kappa shape index (κ2) is 4.59. The second-order valence-corrected chi connectivity index (χ2v) is 1.97. The highest BCUT2D eigenvalue weighted by atomic mass is 16.4. The van der Waals surface area contributed by atoms with Crippen LogP contribution in [0.3, 0.4) is 0 Å².